The lowest BCUT2D eigenvalue weighted by Crippen LogP contribution is -2.51. The fourth-order valence-corrected chi connectivity index (χ4v) is 3.60. The molecule has 1 heterocycles. The van der Waals surface area contributed by atoms with Crippen molar-refractivity contribution in [1.82, 2.24) is 0 Å². The van der Waals surface area contributed by atoms with Crippen LogP contribution in [0.2, 0.25) is 0 Å². The lowest BCUT2D eigenvalue weighted by molar-refractivity contribution is -0.320. The Hall–Kier alpha value is -0.570. The van der Waals surface area contributed by atoms with Crippen LogP contribution in [-0.2, 0) is 9.53 Å². The molecule has 3 heteroatoms. The molecule has 2 fully saturated rings. The van der Waals surface area contributed by atoms with E-state index in [1.165, 1.54) is 19.3 Å². The first-order chi connectivity index (χ1) is 8.75. The van der Waals surface area contributed by atoms with Gasteiger partial charge in [0.1, 0.15) is 0 Å². The predicted molar refractivity (Wildman–Crippen MR) is 68.0 cm³/mol. The second-order valence-electron chi connectivity index (χ2n) is 5.90. The fourth-order valence-electron chi connectivity index (χ4n) is 3.60. The summed E-state index contributed by atoms with van der Waals surface area (Å²) < 4.78 is 6.10. The van der Waals surface area contributed by atoms with Crippen LogP contribution < -0.4 is 5.11 Å². The lowest BCUT2D eigenvalue weighted by atomic mass is 9.73. The van der Waals surface area contributed by atoms with Gasteiger partial charge in [-0.25, -0.2) is 0 Å². The molecule has 104 valence electrons. The maximum Gasteiger partial charge on any atom is 0.0762 e. The SMILES string of the molecule is O=C([O-])C1CCCCCCCOC12CCCCC2. The standard InChI is InChI=1S/C15H26O3/c16-14(17)13-9-5-2-1-3-8-12-18-15(13)10-6-4-7-11-15/h13H,1-12H2,(H,16,17)/p-1. The van der Waals surface area contributed by atoms with Crippen molar-refractivity contribution in [3.05, 3.63) is 0 Å². The molecular formula is C15H25O3-. The number of carbonyl (C=O) groups is 1. The maximum atomic E-state index is 11.5. The third-order valence-electron chi connectivity index (χ3n) is 4.65. The quantitative estimate of drug-likeness (QED) is 0.721. The third-order valence-corrected chi connectivity index (χ3v) is 4.65. The van der Waals surface area contributed by atoms with Gasteiger partial charge in [0.25, 0.3) is 0 Å². The number of hydrogen-bond acceptors (Lipinski definition) is 3. The summed E-state index contributed by atoms with van der Waals surface area (Å²) in [4.78, 5) is 11.5. The Balaban J connectivity index is 2.12. The molecule has 0 radical (unpaired) electrons. The molecule has 0 aromatic heterocycles. The van der Waals surface area contributed by atoms with Crippen LogP contribution in [0.15, 0.2) is 0 Å². The number of carbonyl (C=O) groups excluding carboxylic acids is 1. The van der Waals surface area contributed by atoms with Crippen LogP contribution in [-0.4, -0.2) is 18.2 Å². The monoisotopic (exact) mass is 253 g/mol. The summed E-state index contributed by atoms with van der Waals surface area (Å²) in [5.74, 6) is -1.28. The van der Waals surface area contributed by atoms with Crippen LogP contribution in [0, 0.1) is 5.92 Å². The first kappa shape index (κ1) is 13.9. The van der Waals surface area contributed by atoms with Crippen LogP contribution in [0.5, 0.6) is 0 Å². The molecule has 1 unspecified atom stereocenters. The second kappa shape index (κ2) is 6.55. The second-order valence-corrected chi connectivity index (χ2v) is 5.90. The smallest absolute Gasteiger partial charge is 0.0762 e. The first-order valence-electron chi connectivity index (χ1n) is 7.59. The zero-order valence-electron chi connectivity index (χ0n) is 11.3. The van der Waals surface area contributed by atoms with Crippen molar-refractivity contribution in [2.24, 2.45) is 5.92 Å². The van der Waals surface area contributed by atoms with E-state index in [-0.39, 0.29) is 0 Å². The van der Waals surface area contributed by atoms with E-state index in [2.05, 4.69) is 0 Å². The minimum Gasteiger partial charge on any atom is -0.550 e. The molecule has 1 aliphatic carbocycles. The van der Waals surface area contributed by atoms with Crippen molar-refractivity contribution in [2.45, 2.75) is 76.2 Å². The molecule has 1 aliphatic heterocycles. The molecule has 1 spiro atoms. The van der Waals surface area contributed by atoms with Gasteiger partial charge in [0.2, 0.25) is 0 Å². The number of rotatable bonds is 1. The van der Waals surface area contributed by atoms with Crippen molar-refractivity contribution in [3.8, 4) is 0 Å². The van der Waals surface area contributed by atoms with E-state index >= 15 is 0 Å². The van der Waals surface area contributed by atoms with Crippen LogP contribution in [0.3, 0.4) is 0 Å². The molecule has 1 saturated carbocycles. The van der Waals surface area contributed by atoms with Gasteiger partial charge < -0.3 is 14.6 Å². The Morgan fingerprint density at radius 3 is 2.28 bits per heavy atom. The van der Waals surface area contributed by atoms with Crippen LogP contribution in [0.4, 0.5) is 0 Å². The Kier molecular flexibility index (Phi) is 5.04. The summed E-state index contributed by atoms with van der Waals surface area (Å²) in [7, 11) is 0. The van der Waals surface area contributed by atoms with Crippen molar-refractivity contribution in [3.63, 3.8) is 0 Å². The fraction of sp³-hybridized carbons (Fsp3) is 0.933. The number of carboxylic acid groups (broad SMARTS) is 1. The molecule has 18 heavy (non-hydrogen) atoms. The summed E-state index contributed by atoms with van der Waals surface area (Å²) in [5, 5.41) is 11.5. The summed E-state index contributed by atoms with van der Waals surface area (Å²) >= 11 is 0. The highest BCUT2D eigenvalue weighted by atomic mass is 16.5. The van der Waals surface area contributed by atoms with E-state index < -0.39 is 17.5 Å². The van der Waals surface area contributed by atoms with Crippen molar-refractivity contribution >= 4 is 5.97 Å². The van der Waals surface area contributed by atoms with Gasteiger partial charge >= 0.3 is 0 Å². The number of aliphatic carboxylic acids is 1. The van der Waals surface area contributed by atoms with E-state index in [1.54, 1.807) is 0 Å². The Morgan fingerprint density at radius 1 is 0.944 bits per heavy atom. The van der Waals surface area contributed by atoms with Gasteiger partial charge in [0, 0.05) is 18.5 Å². The zero-order chi connectivity index (χ0) is 12.8. The summed E-state index contributed by atoms with van der Waals surface area (Å²) in [6.45, 7) is 0.726. The highest BCUT2D eigenvalue weighted by Gasteiger charge is 2.41. The van der Waals surface area contributed by atoms with E-state index in [0.717, 1.165) is 58.0 Å². The van der Waals surface area contributed by atoms with Gasteiger partial charge in [0.15, 0.2) is 0 Å². The predicted octanol–water partition coefficient (Wildman–Crippen LogP) is 2.43. The van der Waals surface area contributed by atoms with Gasteiger partial charge in [0.05, 0.1) is 5.60 Å². The van der Waals surface area contributed by atoms with Crippen molar-refractivity contribution in [2.75, 3.05) is 6.61 Å². The average Bonchev–Trinajstić information content (AvgIpc) is 2.38. The third kappa shape index (κ3) is 3.25. The molecule has 0 N–H and O–H groups in total. The van der Waals surface area contributed by atoms with Gasteiger partial charge in [-0.3, -0.25) is 0 Å². The van der Waals surface area contributed by atoms with E-state index in [9.17, 15) is 9.90 Å². The first-order valence-corrected chi connectivity index (χ1v) is 7.59. The van der Waals surface area contributed by atoms with Gasteiger partial charge in [-0.15, -0.1) is 0 Å². The number of hydrogen-bond donors (Lipinski definition) is 0. The molecule has 1 atom stereocenters. The highest BCUT2D eigenvalue weighted by Crippen LogP contribution is 2.40. The van der Waals surface area contributed by atoms with Crippen LogP contribution >= 0.6 is 0 Å². The van der Waals surface area contributed by atoms with E-state index in [1.807, 2.05) is 0 Å². The maximum absolute atomic E-state index is 11.5. The minimum atomic E-state index is -0.891. The molecule has 0 amide bonds. The molecule has 2 aliphatic rings. The molecule has 2 rings (SSSR count). The Labute approximate surface area is 110 Å². The van der Waals surface area contributed by atoms with Crippen LogP contribution in [0.1, 0.15) is 70.6 Å². The minimum absolute atomic E-state index is 0.393. The topological polar surface area (TPSA) is 49.4 Å². The average molecular weight is 253 g/mol. The summed E-state index contributed by atoms with van der Waals surface area (Å²) in [6.07, 6.45) is 11.6. The molecule has 3 nitrogen and oxygen atoms in total. The van der Waals surface area contributed by atoms with Gasteiger partial charge in [-0.2, -0.15) is 0 Å². The zero-order valence-corrected chi connectivity index (χ0v) is 11.3. The molecule has 0 bridgehead atoms. The van der Waals surface area contributed by atoms with E-state index in [4.69, 9.17) is 4.74 Å². The van der Waals surface area contributed by atoms with Crippen molar-refractivity contribution in [1.29, 1.82) is 0 Å². The van der Waals surface area contributed by atoms with Crippen molar-refractivity contribution < 1.29 is 14.6 Å². The number of carboxylic acids is 1. The number of ether oxygens (including phenoxy) is 1. The summed E-state index contributed by atoms with van der Waals surface area (Å²) in [6, 6.07) is 0. The molecular weight excluding hydrogens is 228 g/mol. The normalized spacial score (nSPS) is 29.9. The molecule has 1 saturated heterocycles. The van der Waals surface area contributed by atoms with Gasteiger partial charge in [-0.1, -0.05) is 44.9 Å². The van der Waals surface area contributed by atoms with Gasteiger partial charge in [-0.05, 0) is 25.7 Å². The molecule has 0 aromatic carbocycles. The molecule has 0 aromatic rings. The lowest BCUT2D eigenvalue weighted by Gasteiger charge is -2.44. The van der Waals surface area contributed by atoms with E-state index in [0.29, 0.717) is 0 Å². The Bertz CT molecular complexity index is 269. The summed E-state index contributed by atoms with van der Waals surface area (Å²) in [5.41, 5.74) is -0.408. The van der Waals surface area contributed by atoms with Crippen LogP contribution in [0.25, 0.3) is 0 Å². The highest BCUT2D eigenvalue weighted by molar-refractivity contribution is 5.69. The largest absolute Gasteiger partial charge is 0.550 e. The Morgan fingerprint density at radius 2 is 1.56 bits per heavy atom.